The number of hydrazine groups is 1. The standard InChI is InChI=1S/C17H30N4O3S2/c1-10(22)14-9-21(16-19-18-11(2)25-16)15-8-12(4-5-13(14)15)26(23,24)20-17(3)6-7-17/h11-16,18-20H,4-9H2,1-3H3. The Balaban J connectivity index is 1.52. The topological polar surface area (TPSA) is 90.5 Å². The molecule has 7 nitrogen and oxygen atoms in total. The summed E-state index contributed by atoms with van der Waals surface area (Å²) in [5, 5.41) is -0.0550. The van der Waals surface area contributed by atoms with Crippen molar-refractivity contribution in [3.63, 3.8) is 0 Å². The predicted octanol–water partition coefficient (Wildman–Crippen LogP) is 0.987. The SMILES string of the molecule is CC(=O)C1CN(C2NNC(C)S2)C2CC(S(=O)(=O)NC3(C)CC3)CCC12. The maximum Gasteiger partial charge on any atom is 0.215 e. The third kappa shape index (κ3) is 3.58. The van der Waals surface area contributed by atoms with Crippen LogP contribution < -0.4 is 15.6 Å². The number of sulfonamides is 1. The van der Waals surface area contributed by atoms with Gasteiger partial charge in [-0.25, -0.2) is 24.0 Å². The molecule has 2 aliphatic carbocycles. The van der Waals surface area contributed by atoms with Crippen LogP contribution in [0.2, 0.25) is 0 Å². The van der Waals surface area contributed by atoms with Crippen LogP contribution in [0.1, 0.15) is 52.9 Å². The van der Waals surface area contributed by atoms with Crippen molar-refractivity contribution in [2.75, 3.05) is 6.54 Å². The number of Topliss-reactive ketones (excluding diaryl/α,β-unsaturated/α-hetero) is 1. The van der Waals surface area contributed by atoms with Crippen molar-refractivity contribution >= 4 is 27.6 Å². The minimum Gasteiger partial charge on any atom is -0.300 e. The molecule has 4 fully saturated rings. The number of nitrogens with zero attached hydrogens (tertiary/aromatic N) is 1. The van der Waals surface area contributed by atoms with Crippen molar-refractivity contribution in [2.24, 2.45) is 11.8 Å². The van der Waals surface area contributed by atoms with Gasteiger partial charge in [-0.05, 0) is 58.8 Å². The summed E-state index contributed by atoms with van der Waals surface area (Å²) in [6, 6.07) is 0.142. The lowest BCUT2D eigenvalue weighted by atomic mass is 9.78. The van der Waals surface area contributed by atoms with Crippen molar-refractivity contribution < 1.29 is 13.2 Å². The molecule has 0 aromatic heterocycles. The number of fused-ring (bicyclic) bond motifs is 1. The summed E-state index contributed by atoms with van der Waals surface area (Å²) < 4.78 is 28.7. The average molecular weight is 403 g/mol. The van der Waals surface area contributed by atoms with E-state index in [4.69, 9.17) is 0 Å². The van der Waals surface area contributed by atoms with Crippen molar-refractivity contribution in [1.29, 1.82) is 0 Å². The number of hydrogen-bond acceptors (Lipinski definition) is 7. The van der Waals surface area contributed by atoms with Gasteiger partial charge in [-0.1, -0.05) is 0 Å². The molecule has 2 heterocycles. The molecule has 9 heteroatoms. The molecule has 0 spiro atoms. The van der Waals surface area contributed by atoms with E-state index in [9.17, 15) is 13.2 Å². The Bertz CT molecular complexity index is 681. The highest BCUT2D eigenvalue weighted by Crippen LogP contribution is 2.45. The summed E-state index contributed by atoms with van der Waals surface area (Å²) in [7, 11) is -3.32. The molecular weight excluding hydrogens is 372 g/mol. The molecule has 3 N–H and O–H groups in total. The first-order valence-electron chi connectivity index (χ1n) is 9.64. The second-order valence-electron chi connectivity index (χ2n) is 8.71. The van der Waals surface area contributed by atoms with E-state index >= 15 is 0 Å². The Hall–Kier alpha value is -0.190. The number of ketones is 1. The lowest BCUT2D eigenvalue weighted by molar-refractivity contribution is -0.121. The van der Waals surface area contributed by atoms with E-state index < -0.39 is 10.0 Å². The fraction of sp³-hybridized carbons (Fsp3) is 0.941. The number of nitrogens with one attached hydrogen (secondary N) is 3. The van der Waals surface area contributed by atoms with E-state index in [-0.39, 0.29) is 39.9 Å². The largest absolute Gasteiger partial charge is 0.300 e. The van der Waals surface area contributed by atoms with Gasteiger partial charge in [-0.2, -0.15) is 0 Å². The number of carbonyl (C=O) groups is 1. The van der Waals surface area contributed by atoms with Gasteiger partial charge < -0.3 is 0 Å². The number of thioether (sulfide) groups is 1. The van der Waals surface area contributed by atoms with Crippen LogP contribution in [0.3, 0.4) is 0 Å². The van der Waals surface area contributed by atoms with Crippen LogP contribution in [0, 0.1) is 11.8 Å². The lowest BCUT2D eigenvalue weighted by Crippen LogP contribution is -2.51. The third-order valence-corrected chi connectivity index (χ3v) is 9.82. The van der Waals surface area contributed by atoms with Crippen LogP contribution in [-0.4, -0.2) is 53.3 Å². The van der Waals surface area contributed by atoms with Gasteiger partial charge in [-0.15, -0.1) is 11.8 Å². The second-order valence-corrected chi connectivity index (χ2v) is 12.1. The maximum atomic E-state index is 12.9. The fourth-order valence-corrected chi connectivity index (χ4v) is 7.80. The molecular formula is C17H30N4O3S2. The summed E-state index contributed by atoms with van der Waals surface area (Å²) >= 11 is 1.79. The molecule has 0 amide bonds. The van der Waals surface area contributed by atoms with Crippen LogP contribution in [0.15, 0.2) is 0 Å². The number of likely N-dealkylation sites (tertiary alicyclic amines) is 1. The molecule has 6 unspecified atom stereocenters. The van der Waals surface area contributed by atoms with Crippen LogP contribution >= 0.6 is 11.8 Å². The second kappa shape index (κ2) is 6.70. The van der Waals surface area contributed by atoms with Gasteiger partial charge in [0.25, 0.3) is 0 Å². The van der Waals surface area contributed by atoms with Crippen molar-refractivity contribution in [2.45, 2.75) is 80.6 Å². The fourth-order valence-electron chi connectivity index (χ4n) is 4.79. The van der Waals surface area contributed by atoms with E-state index in [1.165, 1.54) is 0 Å². The van der Waals surface area contributed by atoms with E-state index in [2.05, 4.69) is 27.4 Å². The Kier molecular flexibility index (Phi) is 4.93. The number of hydrogen-bond donors (Lipinski definition) is 3. The zero-order chi connectivity index (χ0) is 18.7. The molecule has 2 saturated heterocycles. The van der Waals surface area contributed by atoms with Crippen LogP contribution in [0.4, 0.5) is 0 Å². The maximum absolute atomic E-state index is 12.9. The molecule has 6 atom stereocenters. The molecule has 0 aromatic rings. The van der Waals surface area contributed by atoms with Gasteiger partial charge in [0.2, 0.25) is 10.0 Å². The molecule has 2 aliphatic heterocycles. The van der Waals surface area contributed by atoms with Gasteiger partial charge in [-0.3, -0.25) is 9.69 Å². The highest BCUT2D eigenvalue weighted by atomic mass is 32.2. The molecule has 2 saturated carbocycles. The first-order chi connectivity index (χ1) is 12.2. The minimum atomic E-state index is -3.32. The number of rotatable bonds is 5. The minimum absolute atomic E-state index is 0.0240. The van der Waals surface area contributed by atoms with Crippen LogP contribution in [0.25, 0.3) is 0 Å². The molecule has 0 radical (unpaired) electrons. The Morgan fingerprint density at radius 2 is 2.00 bits per heavy atom. The lowest BCUT2D eigenvalue weighted by Gasteiger charge is -2.38. The van der Waals surface area contributed by atoms with Crippen molar-refractivity contribution in [1.82, 2.24) is 20.5 Å². The smallest absolute Gasteiger partial charge is 0.215 e. The normalized spacial score (nSPS) is 42.6. The Morgan fingerprint density at radius 3 is 2.58 bits per heavy atom. The molecule has 0 aromatic carbocycles. The summed E-state index contributed by atoms with van der Waals surface area (Å²) in [4.78, 5) is 14.5. The van der Waals surface area contributed by atoms with Gasteiger partial charge in [0, 0.05) is 24.0 Å². The Labute approximate surface area is 160 Å². The molecule has 4 rings (SSSR count). The average Bonchev–Trinajstić information content (AvgIpc) is 2.97. The summed E-state index contributed by atoms with van der Waals surface area (Å²) in [5.74, 6) is 0.529. The zero-order valence-electron chi connectivity index (χ0n) is 15.7. The van der Waals surface area contributed by atoms with Crippen molar-refractivity contribution in [3.05, 3.63) is 0 Å². The molecule has 4 aliphatic rings. The first kappa shape index (κ1) is 19.1. The number of carbonyl (C=O) groups excluding carboxylic acids is 1. The van der Waals surface area contributed by atoms with Gasteiger partial charge in [0.05, 0.1) is 10.6 Å². The highest BCUT2D eigenvalue weighted by molar-refractivity contribution is 8.00. The quantitative estimate of drug-likeness (QED) is 0.632. The summed E-state index contributed by atoms with van der Waals surface area (Å²) in [6.07, 6.45) is 3.94. The van der Waals surface area contributed by atoms with E-state index in [1.807, 2.05) is 6.92 Å². The molecule has 148 valence electrons. The highest BCUT2D eigenvalue weighted by Gasteiger charge is 2.52. The first-order valence-corrected chi connectivity index (χ1v) is 12.1. The third-order valence-electron chi connectivity index (χ3n) is 6.56. The van der Waals surface area contributed by atoms with Gasteiger partial charge in [0.1, 0.15) is 11.3 Å². The van der Waals surface area contributed by atoms with E-state index in [0.717, 1.165) is 25.8 Å². The van der Waals surface area contributed by atoms with E-state index in [0.29, 0.717) is 18.2 Å². The monoisotopic (exact) mass is 402 g/mol. The van der Waals surface area contributed by atoms with Gasteiger partial charge >= 0.3 is 0 Å². The van der Waals surface area contributed by atoms with Crippen LogP contribution in [-0.2, 0) is 14.8 Å². The molecule has 0 bridgehead atoms. The van der Waals surface area contributed by atoms with E-state index in [1.54, 1.807) is 18.7 Å². The predicted molar refractivity (Wildman–Crippen MR) is 103 cm³/mol. The van der Waals surface area contributed by atoms with Crippen LogP contribution in [0.5, 0.6) is 0 Å². The summed E-state index contributed by atoms with van der Waals surface area (Å²) in [6.45, 7) is 6.49. The zero-order valence-corrected chi connectivity index (χ0v) is 17.3. The van der Waals surface area contributed by atoms with Crippen molar-refractivity contribution in [3.8, 4) is 0 Å². The summed E-state index contributed by atoms with van der Waals surface area (Å²) in [5.41, 5.74) is 6.40. The van der Waals surface area contributed by atoms with Gasteiger partial charge in [0.15, 0.2) is 0 Å². The Morgan fingerprint density at radius 1 is 1.27 bits per heavy atom. The molecule has 26 heavy (non-hydrogen) atoms.